The van der Waals surface area contributed by atoms with Gasteiger partial charge in [-0.25, -0.2) is 4.39 Å². The van der Waals surface area contributed by atoms with Crippen molar-refractivity contribution in [1.29, 1.82) is 0 Å². The molecule has 1 aromatic rings. The van der Waals surface area contributed by atoms with E-state index in [4.69, 9.17) is 11.6 Å². The smallest absolute Gasteiger partial charge is 0.252 e. The van der Waals surface area contributed by atoms with Gasteiger partial charge < -0.3 is 0 Å². The van der Waals surface area contributed by atoms with Crippen LogP contribution in [0.25, 0.3) is 0 Å². The molecule has 2 rings (SSSR count). The Kier molecular flexibility index (Phi) is 2.11. The van der Waals surface area contributed by atoms with Gasteiger partial charge in [0, 0.05) is 5.56 Å². The molecular weight excluding hydrogens is 203 g/mol. The number of benzene rings is 1. The monoisotopic (exact) mass is 212 g/mol. The summed E-state index contributed by atoms with van der Waals surface area (Å²) >= 11 is 5.25. The molecule has 0 amide bonds. The van der Waals surface area contributed by atoms with E-state index in [9.17, 15) is 9.18 Å². The summed E-state index contributed by atoms with van der Waals surface area (Å²) in [5.74, 6) is -0.323. The highest BCUT2D eigenvalue weighted by Crippen LogP contribution is 2.48. The van der Waals surface area contributed by atoms with Gasteiger partial charge >= 0.3 is 0 Å². The van der Waals surface area contributed by atoms with Crippen LogP contribution in [-0.4, -0.2) is 5.24 Å². The lowest BCUT2D eigenvalue weighted by Crippen LogP contribution is -2.04. The second-order valence-corrected chi connectivity index (χ2v) is 4.37. The van der Waals surface area contributed by atoms with Gasteiger partial charge in [0.05, 0.1) is 0 Å². The van der Waals surface area contributed by atoms with Crippen LogP contribution in [0.3, 0.4) is 0 Å². The Morgan fingerprint density at radius 3 is 2.57 bits per heavy atom. The summed E-state index contributed by atoms with van der Waals surface area (Å²) in [4.78, 5) is 10.8. The summed E-state index contributed by atoms with van der Waals surface area (Å²) in [6.45, 7) is 2.02. The molecule has 1 aliphatic carbocycles. The molecule has 1 aliphatic rings. The molecule has 3 heteroatoms. The van der Waals surface area contributed by atoms with Crippen LogP contribution in [0.5, 0.6) is 0 Å². The predicted octanol–water partition coefficient (Wildman–Crippen LogP) is 3.26. The van der Waals surface area contributed by atoms with Gasteiger partial charge in [0.1, 0.15) is 5.82 Å². The van der Waals surface area contributed by atoms with Crippen LogP contribution in [0, 0.1) is 5.82 Å². The fourth-order valence-corrected chi connectivity index (χ4v) is 1.70. The zero-order valence-corrected chi connectivity index (χ0v) is 8.57. The van der Waals surface area contributed by atoms with Gasteiger partial charge in [0.15, 0.2) is 0 Å². The SMILES string of the molecule is CC1(c2ccc(C(=O)Cl)cc2F)CC1. The summed E-state index contributed by atoms with van der Waals surface area (Å²) in [6, 6.07) is 4.46. The first-order chi connectivity index (χ1) is 6.53. The number of halogens is 2. The molecule has 0 atom stereocenters. The molecular formula is C11H10ClFO. The third kappa shape index (κ3) is 1.55. The first kappa shape index (κ1) is 9.66. The molecule has 0 heterocycles. The molecule has 0 aliphatic heterocycles. The van der Waals surface area contributed by atoms with E-state index in [1.807, 2.05) is 6.92 Å². The highest BCUT2D eigenvalue weighted by atomic mass is 35.5. The highest BCUT2D eigenvalue weighted by molar-refractivity contribution is 6.67. The molecule has 14 heavy (non-hydrogen) atoms. The Hall–Kier alpha value is -0.890. The minimum Gasteiger partial charge on any atom is -0.276 e. The third-order valence-electron chi connectivity index (χ3n) is 2.85. The Morgan fingerprint density at radius 1 is 1.50 bits per heavy atom. The summed E-state index contributed by atoms with van der Waals surface area (Å²) in [6.07, 6.45) is 2.02. The van der Waals surface area contributed by atoms with Crippen molar-refractivity contribution in [2.75, 3.05) is 0 Å². The van der Waals surface area contributed by atoms with E-state index in [1.54, 1.807) is 12.1 Å². The lowest BCUT2D eigenvalue weighted by atomic mass is 9.97. The van der Waals surface area contributed by atoms with E-state index in [0.717, 1.165) is 12.8 Å². The maximum Gasteiger partial charge on any atom is 0.252 e. The fraction of sp³-hybridized carbons (Fsp3) is 0.364. The molecule has 0 saturated heterocycles. The average Bonchev–Trinajstić information content (AvgIpc) is 2.84. The van der Waals surface area contributed by atoms with Gasteiger partial charge in [0.25, 0.3) is 5.24 Å². The van der Waals surface area contributed by atoms with Crippen LogP contribution in [0.2, 0.25) is 0 Å². The molecule has 1 aromatic carbocycles. The summed E-state index contributed by atoms with van der Waals surface area (Å²) < 4.78 is 13.5. The van der Waals surface area contributed by atoms with Gasteiger partial charge in [-0.3, -0.25) is 4.79 Å². The van der Waals surface area contributed by atoms with Gasteiger partial charge in [-0.1, -0.05) is 13.0 Å². The van der Waals surface area contributed by atoms with Crippen LogP contribution < -0.4 is 0 Å². The molecule has 1 fully saturated rings. The van der Waals surface area contributed by atoms with Crippen LogP contribution >= 0.6 is 11.6 Å². The van der Waals surface area contributed by atoms with E-state index in [1.165, 1.54) is 6.07 Å². The van der Waals surface area contributed by atoms with Crippen LogP contribution in [-0.2, 0) is 5.41 Å². The topological polar surface area (TPSA) is 17.1 Å². The number of carbonyl (C=O) groups is 1. The van der Waals surface area contributed by atoms with E-state index < -0.39 is 5.24 Å². The predicted molar refractivity (Wildman–Crippen MR) is 53.2 cm³/mol. The van der Waals surface area contributed by atoms with E-state index in [0.29, 0.717) is 5.56 Å². The average molecular weight is 213 g/mol. The lowest BCUT2D eigenvalue weighted by Gasteiger charge is -2.10. The largest absolute Gasteiger partial charge is 0.276 e. The number of hydrogen-bond acceptors (Lipinski definition) is 1. The quantitative estimate of drug-likeness (QED) is 0.688. The molecule has 1 saturated carbocycles. The molecule has 0 bridgehead atoms. The van der Waals surface area contributed by atoms with Gasteiger partial charge in [-0.05, 0) is 47.6 Å². The molecule has 0 radical (unpaired) electrons. The van der Waals surface area contributed by atoms with Crippen LogP contribution in [0.15, 0.2) is 18.2 Å². The maximum atomic E-state index is 13.5. The zero-order valence-electron chi connectivity index (χ0n) is 7.81. The summed E-state index contributed by atoms with van der Waals surface area (Å²) in [5, 5.41) is -0.614. The summed E-state index contributed by atoms with van der Waals surface area (Å²) in [7, 11) is 0. The minimum absolute atomic E-state index is 0.0159. The van der Waals surface area contributed by atoms with E-state index in [-0.39, 0.29) is 16.8 Å². The van der Waals surface area contributed by atoms with Crippen molar-refractivity contribution < 1.29 is 9.18 Å². The fourth-order valence-electron chi connectivity index (χ4n) is 1.58. The first-order valence-electron chi connectivity index (χ1n) is 4.53. The van der Waals surface area contributed by atoms with Crippen molar-refractivity contribution >= 4 is 16.8 Å². The Labute approximate surface area is 86.9 Å². The van der Waals surface area contributed by atoms with Crippen molar-refractivity contribution in [2.24, 2.45) is 0 Å². The first-order valence-corrected chi connectivity index (χ1v) is 4.91. The number of rotatable bonds is 2. The van der Waals surface area contributed by atoms with Crippen molar-refractivity contribution in [2.45, 2.75) is 25.2 Å². The standard InChI is InChI=1S/C11H10ClFO/c1-11(4-5-11)8-3-2-7(10(12)14)6-9(8)13/h2-3,6H,4-5H2,1H3. The Balaban J connectivity index is 2.41. The van der Waals surface area contributed by atoms with Gasteiger partial charge in [-0.2, -0.15) is 0 Å². The molecule has 1 nitrogen and oxygen atoms in total. The lowest BCUT2D eigenvalue weighted by molar-refractivity contribution is 0.108. The van der Waals surface area contributed by atoms with Crippen molar-refractivity contribution in [1.82, 2.24) is 0 Å². The zero-order chi connectivity index (χ0) is 10.3. The molecule has 74 valence electrons. The molecule has 0 aromatic heterocycles. The van der Waals surface area contributed by atoms with Crippen molar-refractivity contribution in [3.8, 4) is 0 Å². The van der Waals surface area contributed by atoms with Gasteiger partial charge in [0.2, 0.25) is 0 Å². The Morgan fingerprint density at radius 2 is 2.14 bits per heavy atom. The maximum absolute atomic E-state index is 13.5. The third-order valence-corrected chi connectivity index (χ3v) is 3.06. The van der Waals surface area contributed by atoms with Gasteiger partial charge in [-0.15, -0.1) is 0 Å². The molecule has 0 N–H and O–H groups in total. The van der Waals surface area contributed by atoms with Crippen molar-refractivity contribution in [3.63, 3.8) is 0 Å². The van der Waals surface area contributed by atoms with E-state index in [2.05, 4.69) is 0 Å². The molecule has 0 spiro atoms. The second-order valence-electron chi connectivity index (χ2n) is 4.03. The van der Waals surface area contributed by atoms with Crippen LogP contribution in [0.1, 0.15) is 35.7 Å². The summed E-state index contributed by atoms with van der Waals surface area (Å²) in [5.41, 5.74) is 0.897. The number of carbonyl (C=O) groups excluding carboxylic acids is 1. The van der Waals surface area contributed by atoms with Crippen LogP contribution in [0.4, 0.5) is 4.39 Å². The second kappa shape index (κ2) is 3.06. The normalized spacial score (nSPS) is 17.9. The number of hydrogen-bond donors (Lipinski definition) is 0. The molecule has 0 unspecified atom stereocenters. The highest BCUT2D eigenvalue weighted by Gasteiger charge is 2.40. The minimum atomic E-state index is -0.614. The van der Waals surface area contributed by atoms with Crippen molar-refractivity contribution in [3.05, 3.63) is 35.1 Å². The Bertz CT molecular complexity index is 396. The van der Waals surface area contributed by atoms with E-state index >= 15 is 0 Å².